The second-order valence-corrected chi connectivity index (χ2v) is 4.47. The molecule has 2 N–H and O–H groups in total. The third-order valence-corrected chi connectivity index (χ3v) is 2.93. The van der Waals surface area contributed by atoms with Crippen LogP contribution in [-0.4, -0.2) is 13.2 Å². The van der Waals surface area contributed by atoms with Crippen molar-refractivity contribution < 1.29 is 18.3 Å². The van der Waals surface area contributed by atoms with Crippen LogP contribution in [0.15, 0.2) is 42.5 Å². The van der Waals surface area contributed by atoms with Gasteiger partial charge in [0.2, 0.25) is 0 Å². The van der Waals surface area contributed by atoms with E-state index in [1.54, 1.807) is 18.2 Å². The van der Waals surface area contributed by atoms with Gasteiger partial charge in [-0.2, -0.15) is 0 Å². The molecule has 0 aliphatic rings. The van der Waals surface area contributed by atoms with E-state index in [-0.39, 0.29) is 12.2 Å². The molecule has 0 heterocycles. The molecule has 0 spiro atoms. The highest BCUT2D eigenvalue weighted by atomic mass is 19.2. The Kier molecular flexibility index (Phi) is 5.11. The first-order valence-electron chi connectivity index (χ1n) is 6.67. The van der Waals surface area contributed by atoms with E-state index in [2.05, 4.69) is 0 Å². The molecule has 0 bridgehead atoms. The van der Waals surface area contributed by atoms with Crippen molar-refractivity contribution in [2.75, 3.05) is 13.2 Å². The minimum atomic E-state index is -0.934. The van der Waals surface area contributed by atoms with Crippen molar-refractivity contribution in [2.24, 2.45) is 5.73 Å². The SMILES string of the molecule is CCOc1cccc(OCC(N)c2cccc(F)c2F)c1. The highest BCUT2D eigenvalue weighted by molar-refractivity contribution is 5.33. The van der Waals surface area contributed by atoms with Gasteiger partial charge in [-0.1, -0.05) is 18.2 Å². The molecule has 5 heteroatoms. The van der Waals surface area contributed by atoms with Crippen molar-refractivity contribution in [2.45, 2.75) is 13.0 Å². The Balaban J connectivity index is 2.02. The van der Waals surface area contributed by atoms with Crippen LogP contribution in [0, 0.1) is 11.6 Å². The van der Waals surface area contributed by atoms with Gasteiger partial charge < -0.3 is 15.2 Å². The van der Waals surface area contributed by atoms with Gasteiger partial charge in [0.1, 0.15) is 18.1 Å². The quantitative estimate of drug-likeness (QED) is 0.887. The number of benzene rings is 2. The second kappa shape index (κ2) is 7.04. The Bertz CT molecular complexity index is 605. The molecule has 3 nitrogen and oxygen atoms in total. The van der Waals surface area contributed by atoms with Crippen molar-refractivity contribution >= 4 is 0 Å². The average Bonchev–Trinajstić information content (AvgIpc) is 2.48. The predicted molar refractivity (Wildman–Crippen MR) is 76.4 cm³/mol. The Morgan fingerprint density at radius 3 is 2.43 bits per heavy atom. The second-order valence-electron chi connectivity index (χ2n) is 4.47. The molecular formula is C16H17F2NO2. The van der Waals surface area contributed by atoms with Crippen molar-refractivity contribution in [3.05, 3.63) is 59.7 Å². The molecule has 0 fully saturated rings. The van der Waals surface area contributed by atoms with Gasteiger partial charge in [0.15, 0.2) is 11.6 Å². The zero-order valence-electron chi connectivity index (χ0n) is 11.7. The molecule has 0 amide bonds. The lowest BCUT2D eigenvalue weighted by Crippen LogP contribution is -2.20. The number of halogens is 2. The molecule has 0 saturated heterocycles. The maximum absolute atomic E-state index is 13.6. The lowest BCUT2D eigenvalue weighted by Gasteiger charge is -2.15. The zero-order valence-corrected chi connectivity index (χ0v) is 11.7. The van der Waals surface area contributed by atoms with Crippen LogP contribution >= 0.6 is 0 Å². The topological polar surface area (TPSA) is 44.5 Å². The summed E-state index contributed by atoms with van der Waals surface area (Å²) in [5.74, 6) is -0.605. The molecule has 2 aromatic rings. The standard InChI is InChI=1S/C16H17F2NO2/c1-2-20-11-5-3-6-12(9-11)21-10-15(19)13-7-4-8-14(17)16(13)18/h3-9,15H,2,10,19H2,1H3. The van der Waals surface area contributed by atoms with E-state index in [0.717, 1.165) is 6.07 Å². The summed E-state index contributed by atoms with van der Waals surface area (Å²) in [6.07, 6.45) is 0. The summed E-state index contributed by atoms with van der Waals surface area (Å²) < 4.78 is 37.6. The summed E-state index contributed by atoms with van der Waals surface area (Å²) >= 11 is 0. The van der Waals surface area contributed by atoms with Crippen molar-refractivity contribution in [3.8, 4) is 11.5 Å². The molecule has 0 saturated carbocycles. The van der Waals surface area contributed by atoms with E-state index >= 15 is 0 Å². The van der Waals surface area contributed by atoms with Crippen LogP contribution in [0.25, 0.3) is 0 Å². The molecule has 2 rings (SSSR count). The minimum Gasteiger partial charge on any atom is -0.494 e. The molecule has 1 unspecified atom stereocenters. The first-order chi connectivity index (χ1) is 10.1. The summed E-state index contributed by atoms with van der Waals surface area (Å²) in [5.41, 5.74) is 5.94. The zero-order chi connectivity index (χ0) is 15.2. The van der Waals surface area contributed by atoms with Crippen LogP contribution in [0.5, 0.6) is 11.5 Å². The van der Waals surface area contributed by atoms with Gasteiger partial charge in [0.25, 0.3) is 0 Å². The van der Waals surface area contributed by atoms with Crippen molar-refractivity contribution in [1.82, 2.24) is 0 Å². The van der Waals surface area contributed by atoms with E-state index in [1.165, 1.54) is 12.1 Å². The van der Waals surface area contributed by atoms with Gasteiger partial charge in [-0.05, 0) is 25.1 Å². The van der Waals surface area contributed by atoms with Gasteiger partial charge >= 0.3 is 0 Å². The van der Waals surface area contributed by atoms with Gasteiger partial charge in [0.05, 0.1) is 12.6 Å². The summed E-state index contributed by atoms with van der Waals surface area (Å²) in [4.78, 5) is 0. The molecule has 21 heavy (non-hydrogen) atoms. The fourth-order valence-corrected chi connectivity index (χ4v) is 1.90. The van der Waals surface area contributed by atoms with Crippen LogP contribution < -0.4 is 15.2 Å². The lowest BCUT2D eigenvalue weighted by molar-refractivity contribution is 0.283. The fraction of sp³-hybridized carbons (Fsp3) is 0.250. The smallest absolute Gasteiger partial charge is 0.163 e. The van der Waals surface area contributed by atoms with Crippen molar-refractivity contribution in [1.29, 1.82) is 0 Å². The maximum Gasteiger partial charge on any atom is 0.163 e. The fourth-order valence-electron chi connectivity index (χ4n) is 1.90. The van der Waals surface area contributed by atoms with E-state index in [9.17, 15) is 8.78 Å². The molecule has 2 aromatic carbocycles. The molecule has 0 radical (unpaired) electrons. The molecule has 112 valence electrons. The summed E-state index contributed by atoms with van der Waals surface area (Å²) in [7, 11) is 0. The van der Waals surface area contributed by atoms with Crippen LogP contribution in [0.2, 0.25) is 0 Å². The van der Waals surface area contributed by atoms with Crippen molar-refractivity contribution in [3.63, 3.8) is 0 Å². The van der Waals surface area contributed by atoms with Crippen LogP contribution in [-0.2, 0) is 0 Å². The van der Waals surface area contributed by atoms with Gasteiger partial charge in [-0.3, -0.25) is 0 Å². The lowest BCUT2D eigenvalue weighted by atomic mass is 10.1. The summed E-state index contributed by atoms with van der Waals surface area (Å²) in [6.45, 7) is 2.48. The number of hydrogen-bond donors (Lipinski definition) is 1. The van der Waals surface area contributed by atoms with E-state index < -0.39 is 17.7 Å². The number of rotatable bonds is 6. The Hall–Kier alpha value is -2.14. The predicted octanol–water partition coefficient (Wildman–Crippen LogP) is 3.44. The number of ether oxygens (including phenoxy) is 2. The number of nitrogens with two attached hydrogens (primary N) is 1. The van der Waals surface area contributed by atoms with Crippen LogP contribution in [0.4, 0.5) is 8.78 Å². The Labute approximate surface area is 122 Å². The molecule has 1 atom stereocenters. The summed E-state index contributed by atoms with van der Waals surface area (Å²) in [5, 5.41) is 0. The normalized spacial score (nSPS) is 12.0. The first kappa shape index (κ1) is 15.3. The molecule has 0 aliphatic carbocycles. The Morgan fingerprint density at radius 1 is 1.05 bits per heavy atom. The molecule has 0 aliphatic heterocycles. The molecule has 0 aromatic heterocycles. The number of hydrogen-bond acceptors (Lipinski definition) is 3. The van der Waals surface area contributed by atoms with Crippen LogP contribution in [0.1, 0.15) is 18.5 Å². The Morgan fingerprint density at radius 2 is 1.71 bits per heavy atom. The maximum atomic E-state index is 13.6. The molecular weight excluding hydrogens is 276 g/mol. The average molecular weight is 293 g/mol. The van der Waals surface area contributed by atoms with E-state index in [1.807, 2.05) is 13.0 Å². The minimum absolute atomic E-state index is 0.0377. The highest BCUT2D eigenvalue weighted by Gasteiger charge is 2.15. The third kappa shape index (κ3) is 3.92. The third-order valence-electron chi connectivity index (χ3n) is 2.93. The first-order valence-corrected chi connectivity index (χ1v) is 6.67. The van der Waals surface area contributed by atoms with E-state index in [0.29, 0.717) is 18.1 Å². The van der Waals surface area contributed by atoms with Gasteiger partial charge in [0, 0.05) is 11.6 Å². The van der Waals surface area contributed by atoms with Gasteiger partial charge in [-0.25, -0.2) is 8.78 Å². The van der Waals surface area contributed by atoms with E-state index in [4.69, 9.17) is 15.2 Å². The van der Waals surface area contributed by atoms with Crippen LogP contribution in [0.3, 0.4) is 0 Å². The van der Waals surface area contributed by atoms with Gasteiger partial charge in [-0.15, -0.1) is 0 Å². The monoisotopic (exact) mass is 293 g/mol. The summed E-state index contributed by atoms with van der Waals surface area (Å²) in [6, 6.07) is 10.2. The highest BCUT2D eigenvalue weighted by Crippen LogP contribution is 2.22. The largest absolute Gasteiger partial charge is 0.494 e.